The van der Waals surface area contributed by atoms with Crippen LogP contribution in [-0.2, 0) is 0 Å². The van der Waals surface area contributed by atoms with Gasteiger partial charge in [-0.25, -0.2) is 9.67 Å². The van der Waals surface area contributed by atoms with Crippen molar-refractivity contribution in [2.24, 2.45) is 5.92 Å². The zero-order valence-corrected chi connectivity index (χ0v) is 11.5. The molecular weight excluding hydrogens is 240 g/mol. The van der Waals surface area contributed by atoms with Crippen LogP contribution in [0.2, 0.25) is 0 Å². The summed E-state index contributed by atoms with van der Waals surface area (Å²) >= 11 is 0. The molecule has 3 rings (SSSR count). The summed E-state index contributed by atoms with van der Waals surface area (Å²) in [5.74, 6) is 2.42. The summed E-state index contributed by atoms with van der Waals surface area (Å²) in [7, 11) is 0. The summed E-state index contributed by atoms with van der Waals surface area (Å²) in [4.78, 5) is 8.91. The molecule has 100 valence electrons. The summed E-state index contributed by atoms with van der Waals surface area (Å²) in [6.07, 6.45) is 1.03. The molecule has 5 heteroatoms. The van der Waals surface area contributed by atoms with Crippen LogP contribution < -0.4 is 0 Å². The van der Waals surface area contributed by atoms with E-state index < -0.39 is 0 Å². The normalized spacial score (nSPS) is 21.7. The smallest absolute Gasteiger partial charge is 0.148 e. The number of hydrogen-bond donors (Lipinski definition) is 1. The number of rotatable bonds is 3. The lowest BCUT2D eigenvalue weighted by molar-refractivity contribution is 0.273. The number of aromatic nitrogens is 4. The third-order valence-corrected chi connectivity index (χ3v) is 3.61. The van der Waals surface area contributed by atoms with Crippen molar-refractivity contribution >= 4 is 0 Å². The lowest BCUT2D eigenvalue weighted by atomic mass is 10.2. The van der Waals surface area contributed by atoms with Crippen LogP contribution in [0.1, 0.15) is 35.4 Å². The molecule has 2 atom stereocenters. The molecular formula is C14H18N4O. The molecule has 0 spiro atoms. The van der Waals surface area contributed by atoms with Gasteiger partial charge in [-0.05, 0) is 45.2 Å². The molecule has 2 aromatic rings. The first kappa shape index (κ1) is 12.3. The minimum absolute atomic E-state index is 0.247. The van der Waals surface area contributed by atoms with E-state index in [0.717, 1.165) is 35.1 Å². The Morgan fingerprint density at radius 2 is 2.05 bits per heavy atom. The number of hydrogen-bond acceptors (Lipinski definition) is 4. The van der Waals surface area contributed by atoms with Gasteiger partial charge >= 0.3 is 0 Å². The largest absolute Gasteiger partial charge is 0.396 e. The molecule has 1 N–H and O–H groups in total. The van der Waals surface area contributed by atoms with Crippen LogP contribution in [0, 0.1) is 26.7 Å². The fourth-order valence-electron chi connectivity index (χ4n) is 2.56. The van der Waals surface area contributed by atoms with Crippen molar-refractivity contribution in [3.63, 3.8) is 0 Å². The van der Waals surface area contributed by atoms with Crippen LogP contribution in [0.25, 0.3) is 5.69 Å². The summed E-state index contributed by atoms with van der Waals surface area (Å²) < 4.78 is 1.85. The lowest BCUT2D eigenvalue weighted by Crippen LogP contribution is -2.03. The molecule has 1 saturated carbocycles. The van der Waals surface area contributed by atoms with E-state index >= 15 is 0 Å². The van der Waals surface area contributed by atoms with E-state index in [4.69, 9.17) is 0 Å². The van der Waals surface area contributed by atoms with E-state index in [1.165, 1.54) is 0 Å². The fraction of sp³-hybridized carbons (Fsp3) is 0.500. The molecule has 2 heterocycles. The topological polar surface area (TPSA) is 63.8 Å². The zero-order chi connectivity index (χ0) is 13.6. The molecule has 1 fully saturated rings. The van der Waals surface area contributed by atoms with Crippen molar-refractivity contribution in [3.05, 3.63) is 35.2 Å². The van der Waals surface area contributed by atoms with Crippen molar-refractivity contribution < 1.29 is 5.11 Å². The zero-order valence-electron chi connectivity index (χ0n) is 11.5. The maximum atomic E-state index is 9.19. The molecule has 0 aromatic carbocycles. The van der Waals surface area contributed by atoms with Gasteiger partial charge in [0, 0.05) is 23.9 Å². The molecule has 1 unspecified atom stereocenters. The second-order valence-corrected chi connectivity index (χ2v) is 5.29. The Balaban J connectivity index is 2.01. The highest BCUT2D eigenvalue weighted by Gasteiger charge is 2.39. The van der Waals surface area contributed by atoms with Gasteiger partial charge in [-0.1, -0.05) is 0 Å². The molecule has 0 aliphatic heterocycles. The fourth-order valence-corrected chi connectivity index (χ4v) is 2.56. The van der Waals surface area contributed by atoms with Gasteiger partial charge in [-0.2, -0.15) is 5.10 Å². The van der Waals surface area contributed by atoms with E-state index in [0.29, 0.717) is 11.8 Å². The third-order valence-electron chi connectivity index (χ3n) is 3.61. The van der Waals surface area contributed by atoms with Crippen LogP contribution in [0.5, 0.6) is 0 Å². The Morgan fingerprint density at radius 1 is 1.26 bits per heavy atom. The molecule has 1 aliphatic carbocycles. The Bertz CT molecular complexity index is 620. The van der Waals surface area contributed by atoms with Crippen molar-refractivity contribution in [2.75, 3.05) is 6.61 Å². The molecule has 2 aromatic heterocycles. The number of pyridine rings is 1. The second kappa shape index (κ2) is 4.42. The molecule has 0 amide bonds. The van der Waals surface area contributed by atoms with Gasteiger partial charge in [0.05, 0.1) is 5.69 Å². The third kappa shape index (κ3) is 2.26. The van der Waals surface area contributed by atoms with E-state index in [9.17, 15) is 5.11 Å². The van der Waals surface area contributed by atoms with Gasteiger partial charge in [0.1, 0.15) is 11.6 Å². The van der Waals surface area contributed by atoms with E-state index in [1.54, 1.807) is 0 Å². The van der Waals surface area contributed by atoms with Gasteiger partial charge in [-0.15, -0.1) is 0 Å². The highest BCUT2D eigenvalue weighted by molar-refractivity contribution is 5.37. The first-order valence-electron chi connectivity index (χ1n) is 6.58. The molecule has 0 radical (unpaired) electrons. The first-order valence-corrected chi connectivity index (χ1v) is 6.58. The van der Waals surface area contributed by atoms with Crippen LogP contribution in [0.4, 0.5) is 0 Å². The van der Waals surface area contributed by atoms with Crippen LogP contribution in [0.3, 0.4) is 0 Å². The monoisotopic (exact) mass is 258 g/mol. The van der Waals surface area contributed by atoms with Crippen LogP contribution in [0.15, 0.2) is 12.1 Å². The Kier molecular flexibility index (Phi) is 2.86. The highest BCUT2D eigenvalue weighted by atomic mass is 16.3. The van der Waals surface area contributed by atoms with Gasteiger partial charge in [0.25, 0.3) is 0 Å². The van der Waals surface area contributed by atoms with Crippen LogP contribution >= 0.6 is 0 Å². The predicted molar refractivity (Wildman–Crippen MR) is 71.3 cm³/mol. The van der Waals surface area contributed by atoms with Crippen molar-refractivity contribution in [3.8, 4) is 5.69 Å². The van der Waals surface area contributed by atoms with Gasteiger partial charge in [0.2, 0.25) is 0 Å². The average Bonchev–Trinajstić information content (AvgIpc) is 3.07. The Morgan fingerprint density at radius 3 is 2.63 bits per heavy atom. The van der Waals surface area contributed by atoms with E-state index in [2.05, 4.69) is 21.1 Å². The van der Waals surface area contributed by atoms with Crippen molar-refractivity contribution in [2.45, 2.75) is 33.1 Å². The molecule has 1 aliphatic rings. The highest BCUT2D eigenvalue weighted by Crippen LogP contribution is 2.46. The van der Waals surface area contributed by atoms with Crippen molar-refractivity contribution in [1.29, 1.82) is 0 Å². The number of aryl methyl sites for hydroxylation is 3. The lowest BCUT2D eigenvalue weighted by Gasteiger charge is -2.07. The number of aliphatic hydroxyl groups is 1. The minimum Gasteiger partial charge on any atom is -0.396 e. The summed E-state index contributed by atoms with van der Waals surface area (Å²) in [6, 6.07) is 4.08. The average molecular weight is 258 g/mol. The SMILES string of the molecule is Cc1cc(-n2nc(C)nc2C)cc([C@H]2CC2CO)n1. The summed E-state index contributed by atoms with van der Waals surface area (Å²) in [5.41, 5.74) is 3.04. The maximum Gasteiger partial charge on any atom is 0.148 e. The predicted octanol–water partition coefficient (Wildman–Crippen LogP) is 1.68. The van der Waals surface area contributed by atoms with Crippen LogP contribution in [-0.4, -0.2) is 31.5 Å². The Hall–Kier alpha value is -1.75. The standard InChI is InChI=1S/C14H18N4O/c1-8-4-12(18-10(3)16-9(2)17-18)6-14(15-8)13-5-11(13)7-19/h4,6,11,13,19H,5,7H2,1-3H3/t11?,13-/m0/s1. The molecule has 0 bridgehead atoms. The van der Waals surface area contributed by atoms with E-state index in [-0.39, 0.29) is 6.61 Å². The van der Waals surface area contributed by atoms with Crippen molar-refractivity contribution in [1.82, 2.24) is 19.7 Å². The quantitative estimate of drug-likeness (QED) is 0.909. The van der Waals surface area contributed by atoms with Gasteiger partial charge < -0.3 is 5.11 Å². The maximum absolute atomic E-state index is 9.19. The number of nitrogens with zero attached hydrogens (tertiary/aromatic N) is 4. The minimum atomic E-state index is 0.247. The van der Waals surface area contributed by atoms with E-state index in [1.807, 2.05) is 31.5 Å². The van der Waals surface area contributed by atoms with Gasteiger partial charge in [0.15, 0.2) is 0 Å². The Labute approximate surface area is 112 Å². The second-order valence-electron chi connectivity index (χ2n) is 5.29. The summed E-state index contributed by atoms with van der Waals surface area (Å²) in [6.45, 7) is 6.07. The number of aliphatic hydroxyl groups excluding tert-OH is 1. The molecule has 0 saturated heterocycles. The summed E-state index contributed by atoms with van der Waals surface area (Å²) in [5, 5.41) is 13.6. The molecule has 19 heavy (non-hydrogen) atoms. The first-order chi connectivity index (χ1) is 9.08. The van der Waals surface area contributed by atoms with Gasteiger partial charge in [-0.3, -0.25) is 4.98 Å². The molecule has 5 nitrogen and oxygen atoms in total.